The van der Waals surface area contributed by atoms with Gasteiger partial charge in [0, 0.05) is 23.2 Å². The monoisotopic (exact) mass is 351 g/mol. The molecule has 0 aliphatic carbocycles. The third kappa shape index (κ3) is 2.27. The van der Waals surface area contributed by atoms with Crippen molar-refractivity contribution in [3.63, 3.8) is 0 Å². The second kappa shape index (κ2) is 5.26. The van der Waals surface area contributed by atoms with E-state index in [0.717, 1.165) is 33.8 Å². The van der Waals surface area contributed by atoms with E-state index in [1.165, 1.54) is 10.9 Å². The van der Waals surface area contributed by atoms with E-state index >= 15 is 0 Å². The summed E-state index contributed by atoms with van der Waals surface area (Å²) in [5.74, 6) is 0. The Morgan fingerprint density at radius 1 is 1.30 bits per heavy atom. The van der Waals surface area contributed by atoms with Crippen molar-refractivity contribution < 1.29 is 0 Å². The van der Waals surface area contributed by atoms with Crippen LogP contribution >= 0.6 is 27.5 Å². The highest BCUT2D eigenvalue weighted by molar-refractivity contribution is 9.10. The maximum absolute atomic E-state index is 6.42. The summed E-state index contributed by atoms with van der Waals surface area (Å²) < 4.78 is 5.16. The highest BCUT2D eigenvalue weighted by atomic mass is 79.9. The summed E-state index contributed by atoms with van der Waals surface area (Å²) in [5.41, 5.74) is 3.19. The van der Waals surface area contributed by atoms with E-state index in [9.17, 15) is 0 Å². The Bertz CT molecular complexity index is 773. The van der Waals surface area contributed by atoms with Crippen molar-refractivity contribution in [2.75, 3.05) is 0 Å². The van der Waals surface area contributed by atoms with Gasteiger partial charge in [0.15, 0.2) is 0 Å². The number of nitrogens with zero attached hydrogens (tertiary/aromatic N) is 3. The van der Waals surface area contributed by atoms with Gasteiger partial charge < -0.3 is 4.57 Å². The first-order chi connectivity index (χ1) is 9.60. The summed E-state index contributed by atoms with van der Waals surface area (Å²) in [6.45, 7) is 2.79. The van der Waals surface area contributed by atoms with Crippen LogP contribution in [-0.4, -0.2) is 14.3 Å². The number of hydrogen-bond donors (Lipinski definition) is 0. The van der Waals surface area contributed by atoms with E-state index in [2.05, 4.69) is 63.0 Å². The van der Waals surface area contributed by atoms with E-state index in [1.54, 1.807) is 0 Å². The number of fused-ring (bicyclic) bond motifs is 1. The molecule has 2 heterocycles. The molecule has 0 aliphatic rings. The largest absolute Gasteiger partial charge is 0.341 e. The molecule has 0 bridgehead atoms. The van der Waals surface area contributed by atoms with Gasteiger partial charge in [-0.2, -0.15) is 5.10 Å². The van der Waals surface area contributed by atoms with Crippen molar-refractivity contribution in [3.8, 4) is 0 Å². The SMILES string of the molecule is CCc1nn(C)c(Cn2ccc3ccc(Br)cc32)c1Cl. The molecular weight excluding hydrogens is 338 g/mol. The number of rotatable bonds is 3. The second-order valence-corrected chi connectivity index (χ2v) is 6.12. The Morgan fingerprint density at radius 3 is 2.80 bits per heavy atom. The molecule has 0 N–H and O–H groups in total. The summed E-state index contributed by atoms with van der Waals surface area (Å²) in [7, 11) is 1.95. The first kappa shape index (κ1) is 13.7. The first-order valence-electron chi connectivity index (χ1n) is 6.54. The molecule has 1 aromatic carbocycles. The molecule has 0 unspecified atom stereocenters. The normalized spacial score (nSPS) is 11.4. The average Bonchev–Trinajstić information content (AvgIpc) is 2.94. The summed E-state index contributed by atoms with van der Waals surface area (Å²) in [6, 6.07) is 8.41. The van der Waals surface area contributed by atoms with E-state index in [1.807, 2.05) is 11.7 Å². The smallest absolute Gasteiger partial charge is 0.0868 e. The lowest BCUT2D eigenvalue weighted by atomic mass is 10.2. The van der Waals surface area contributed by atoms with Gasteiger partial charge in [0.25, 0.3) is 0 Å². The Kier molecular flexibility index (Phi) is 3.61. The molecule has 0 saturated carbocycles. The predicted octanol–water partition coefficient (Wildman–Crippen LogP) is 4.40. The fraction of sp³-hybridized carbons (Fsp3) is 0.267. The molecule has 0 atom stereocenters. The topological polar surface area (TPSA) is 22.8 Å². The molecule has 3 rings (SSSR count). The van der Waals surface area contributed by atoms with Crippen molar-refractivity contribution in [3.05, 3.63) is 51.3 Å². The molecule has 5 heteroatoms. The average molecular weight is 353 g/mol. The van der Waals surface area contributed by atoms with Crippen molar-refractivity contribution in [2.24, 2.45) is 7.05 Å². The Balaban J connectivity index is 2.05. The van der Waals surface area contributed by atoms with Crippen LogP contribution in [-0.2, 0) is 20.0 Å². The number of hydrogen-bond acceptors (Lipinski definition) is 1. The predicted molar refractivity (Wildman–Crippen MR) is 86.3 cm³/mol. The maximum Gasteiger partial charge on any atom is 0.0868 e. The highest BCUT2D eigenvalue weighted by Crippen LogP contribution is 2.25. The first-order valence-corrected chi connectivity index (χ1v) is 7.72. The zero-order valence-corrected chi connectivity index (χ0v) is 13.7. The molecule has 20 heavy (non-hydrogen) atoms. The molecule has 0 saturated heterocycles. The van der Waals surface area contributed by atoms with Crippen molar-refractivity contribution in [1.82, 2.24) is 14.3 Å². The summed E-state index contributed by atoms with van der Waals surface area (Å²) in [5, 5.41) is 6.48. The van der Waals surface area contributed by atoms with Gasteiger partial charge >= 0.3 is 0 Å². The molecular formula is C15H15BrClN3. The van der Waals surface area contributed by atoms with Crippen LogP contribution in [0.1, 0.15) is 18.3 Å². The van der Waals surface area contributed by atoms with Gasteiger partial charge in [-0.15, -0.1) is 0 Å². The lowest BCUT2D eigenvalue weighted by molar-refractivity contribution is 0.669. The second-order valence-electron chi connectivity index (χ2n) is 4.83. The Labute approximate surface area is 131 Å². The van der Waals surface area contributed by atoms with Crippen molar-refractivity contribution >= 4 is 38.4 Å². The van der Waals surface area contributed by atoms with Crippen LogP contribution in [0.3, 0.4) is 0 Å². The minimum absolute atomic E-state index is 0.724. The molecule has 0 radical (unpaired) electrons. The molecule has 3 nitrogen and oxygen atoms in total. The van der Waals surface area contributed by atoms with Crippen LogP contribution in [0.15, 0.2) is 34.9 Å². The van der Waals surface area contributed by atoms with E-state index in [4.69, 9.17) is 11.6 Å². The summed E-state index contributed by atoms with van der Waals surface area (Å²) in [4.78, 5) is 0. The van der Waals surface area contributed by atoms with Crippen LogP contribution in [0, 0.1) is 0 Å². The molecule has 0 amide bonds. The number of aromatic nitrogens is 3. The quantitative estimate of drug-likeness (QED) is 0.685. The molecule has 0 spiro atoms. The van der Waals surface area contributed by atoms with E-state index in [-0.39, 0.29) is 0 Å². The molecule has 3 aromatic rings. The van der Waals surface area contributed by atoms with Gasteiger partial charge in [-0.05, 0) is 30.0 Å². The standard InChI is InChI=1S/C15H15BrClN3/c1-3-12-15(17)14(19(2)18-12)9-20-7-6-10-4-5-11(16)8-13(10)20/h4-8H,3,9H2,1-2H3. The highest BCUT2D eigenvalue weighted by Gasteiger charge is 2.14. The van der Waals surface area contributed by atoms with Crippen LogP contribution in [0.25, 0.3) is 10.9 Å². The summed E-state index contributed by atoms with van der Waals surface area (Å²) >= 11 is 9.95. The number of halogens is 2. The van der Waals surface area contributed by atoms with Crippen LogP contribution in [0.4, 0.5) is 0 Å². The minimum Gasteiger partial charge on any atom is -0.341 e. The zero-order valence-electron chi connectivity index (χ0n) is 11.4. The van der Waals surface area contributed by atoms with Crippen LogP contribution < -0.4 is 0 Å². The molecule has 0 fully saturated rings. The number of aryl methyl sites for hydroxylation is 2. The van der Waals surface area contributed by atoms with Gasteiger partial charge in [-0.1, -0.05) is 40.5 Å². The Morgan fingerprint density at radius 2 is 2.10 bits per heavy atom. The van der Waals surface area contributed by atoms with Crippen molar-refractivity contribution in [1.29, 1.82) is 0 Å². The van der Waals surface area contributed by atoms with E-state index in [0.29, 0.717) is 0 Å². The van der Waals surface area contributed by atoms with Crippen LogP contribution in [0.2, 0.25) is 5.02 Å². The Hall–Kier alpha value is -1.26. The van der Waals surface area contributed by atoms with Gasteiger partial charge in [0.05, 0.1) is 23.0 Å². The minimum atomic E-state index is 0.724. The lowest BCUT2D eigenvalue weighted by Gasteiger charge is -2.07. The van der Waals surface area contributed by atoms with Crippen molar-refractivity contribution in [2.45, 2.75) is 19.9 Å². The number of benzene rings is 1. The molecule has 104 valence electrons. The fourth-order valence-electron chi connectivity index (χ4n) is 2.45. The third-order valence-corrected chi connectivity index (χ3v) is 4.49. The van der Waals surface area contributed by atoms with Crippen LogP contribution in [0.5, 0.6) is 0 Å². The zero-order chi connectivity index (χ0) is 14.3. The molecule has 0 aliphatic heterocycles. The fourth-order valence-corrected chi connectivity index (χ4v) is 3.15. The van der Waals surface area contributed by atoms with Gasteiger partial charge in [-0.3, -0.25) is 4.68 Å². The van der Waals surface area contributed by atoms with Gasteiger partial charge in [-0.25, -0.2) is 0 Å². The summed E-state index contributed by atoms with van der Waals surface area (Å²) in [6.07, 6.45) is 2.94. The third-order valence-electron chi connectivity index (χ3n) is 3.56. The van der Waals surface area contributed by atoms with Gasteiger partial charge in [0.1, 0.15) is 0 Å². The van der Waals surface area contributed by atoms with E-state index < -0.39 is 0 Å². The lowest BCUT2D eigenvalue weighted by Crippen LogP contribution is -2.05. The van der Waals surface area contributed by atoms with Gasteiger partial charge in [0.2, 0.25) is 0 Å². The maximum atomic E-state index is 6.42. The molecule has 2 aromatic heterocycles.